The molecule has 0 radical (unpaired) electrons. The van der Waals surface area contributed by atoms with Gasteiger partial charge in [-0.1, -0.05) is 24.3 Å². The largest absolute Gasteiger partial charge is 0.434 e. The van der Waals surface area contributed by atoms with Crippen molar-refractivity contribution in [2.24, 2.45) is 0 Å². The van der Waals surface area contributed by atoms with Crippen molar-refractivity contribution in [1.29, 1.82) is 0 Å². The van der Waals surface area contributed by atoms with Gasteiger partial charge in [0.15, 0.2) is 5.82 Å². The Balaban J connectivity index is 1.40. The van der Waals surface area contributed by atoms with Crippen LogP contribution in [-0.4, -0.2) is 51.2 Å². The number of pyridine rings is 1. The van der Waals surface area contributed by atoms with Crippen molar-refractivity contribution >= 4 is 21.7 Å². The SMILES string of the molecule is O=c1[nH]nc(C2(Cc3cccc(Nc4cc[nH]n4)n3)CCN(S(=O)(=O)c3ccccc3)CC2)o1. The fourth-order valence-electron chi connectivity index (χ4n) is 4.27. The Labute approximate surface area is 195 Å². The molecule has 1 fully saturated rings. The first-order valence-electron chi connectivity index (χ1n) is 10.8. The van der Waals surface area contributed by atoms with Crippen LogP contribution in [0, 0.1) is 0 Å². The van der Waals surface area contributed by atoms with Gasteiger partial charge >= 0.3 is 5.76 Å². The molecule has 0 bridgehead atoms. The number of rotatable bonds is 7. The van der Waals surface area contributed by atoms with E-state index in [-0.39, 0.29) is 23.9 Å². The number of piperidine rings is 1. The zero-order valence-corrected chi connectivity index (χ0v) is 19.0. The van der Waals surface area contributed by atoms with Crippen molar-refractivity contribution < 1.29 is 12.8 Å². The number of H-pyrrole nitrogens is 2. The molecular formula is C22H23N7O4S. The second-order valence-electron chi connectivity index (χ2n) is 8.19. The molecule has 1 aromatic carbocycles. The maximum Gasteiger partial charge on any atom is 0.434 e. The molecule has 11 nitrogen and oxygen atoms in total. The molecule has 176 valence electrons. The van der Waals surface area contributed by atoms with E-state index in [1.54, 1.807) is 42.6 Å². The number of aromatic nitrogens is 5. The molecule has 5 rings (SSSR count). The Morgan fingerprint density at radius 2 is 1.79 bits per heavy atom. The van der Waals surface area contributed by atoms with Gasteiger partial charge in [0.2, 0.25) is 15.9 Å². The highest BCUT2D eigenvalue weighted by Crippen LogP contribution is 2.38. The quantitative estimate of drug-likeness (QED) is 0.364. The lowest BCUT2D eigenvalue weighted by atomic mass is 9.75. The Bertz CT molecular complexity index is 1410. The number of sulfonamides is 1. The maximum atomic E-state index is 13.1. The molecule has 4 aromatic rings. The van der Waals surface area contributed by atoms with Crippen LogP contribution in [0.5, 0.6) is 0 Å². The van der Waals surface area contributed by atoms with Gasteiger partial charge in [0.25, 0.3) is 0 Å². The first-order chi connectivity index (χ1) is 16.4. The van der Waals surface area contributed by atoms with Crippen LogP contribution in [0.15, 0.2) is 74.9 Å². The summed E-state index contributed by atoms with van der Waals surface area (Å²) < 4.78 is 33.0. The van der Waals surface area contributed by atoms with Gasteiger partial charge in [-0.3, -0.25) is 5.10 Å². The van der Waals surface area contributed by atoms with Crippen LogP contribution in [0.3, 0.4) is 0 Å². The topological polar surface area (TPSA) is 150 Å². The van der Waals surface area contributed by atoms with Gasteiger partial charge in [-0.15, -0.1) is 5.10 Å². The van der Waals surface area contributed by atoms with E-state index in [0.29, 0.717) is 30.9 Å². The van der Waals surface area contributed by atoms with E-state index in [4.69, 9.17) is 4.42 Å². The molecule has 0 spiro atoms. The molecule has 1 aliphatic heterocycles. The molecule has 0 unspecified atom stereocenters. The summed E-state index contributed by atoms with van der Waals surface area (Å²) >= 11 is 0. The zero-order valence-electron chi connectivity index (χ0n) is 18.1. The molecule has 1 saturated heterocycles. The first-order valence-corrected chi connectivity index (χ1v) is 12.2. The minimum absolute atomic E-state index is 0.257. The second kappa shape index (κ2) is 8.88. The van der Waals surface area contributed by atoms with E-state index in [0.717, 1.165) is 5.69 Å². The van der Waals surface area contributed by atoms with Crippen LogP contribution in [0.1, 0.15) is 24.4 Å². The third-order valence-electron chi connectivity index (χ3n) is 6.04. The number of nitrogens with one attached hydrogen (secondary N) is 3. The number of hydrogen-bond acceptors (Lipinski definition) is 8. The summed E-state index contributed by atoms with van der Waals surface area (Å²) in [7, 11) is -3.62. The Morgan fingerprint density at radius 1 is 1.00 bits per heavy atom. The zero-order chi connectivity index (χ0) is 23.6. The first kappa shape index (κ1) is 22.0. The van der Waals surface area contributed by atoms with Crippen LogP contribution < -0.4 is 11.1 Å². The predicted octanol–water partition coefficient (Wildman–Crippen LogP) is 2.19. The van der Waals surface area contributed by atoms with Crippen molar-refractivity contribution in [3.8, 4) is 0 Å². The summed E-state index contributed by atoms with van der Waals surface area (Å²) in [5, 5.41) is 16.4. The third kappa shape index (κ3) is 4.37. The standard InChI is InChI=1S/C22H23N7O4S/c30-21-28-27-20(33-21)22(15-16-5-4-8-18(24-16)25-19-9-12-23-26-19)10-13-29(14-11-22)34(31,32)17-6-2-1-3-7-17/h1-9,12H,10-11,13-15H2,(H,28,30)(H2,23,24,25,26). The number of benzene rings is 1. The molecule has 3 aromatic heterocycles. The summed E-state index contributed by atoms with van der Waals surface area (Å²) in [4.78, 5) is 16.7. The van der Waals surface area contributed by atoms with Gasteiger partial charge in [0.1, 0.15) is 5.82 Å². The average molecular weight is 482 g/mol. The smallest absolute Gasteiger partial charge is 0.392 e. The Hall–Kier alpha value is -3.77. The van der Waals surface area contributed by atoms with Gasteiger partial charge < -0.3 is 9.73 Å². The van der Waals surface area contributed by atoms with Crippen LogP contribution in [0.2, 0.25) is 0 Å². The lowest BCUT2D eigenvalue weighted by molar-refractivity contribution is 0.190. The van der Waals surface area contributed by atoms with Gasteiger partial charge in [0, 0.05) is 37.5 Å². The lowest BCUT2D eigenvalue weighted by Crippen LogP contribution is -2.46. The van der Waals surface area contributed by atoms with E-state index < -0.39 is 21.2 Å². The molecular weight excluding hydrogens is 458 g/mol. The number of anilines is 2. The summed E-state index contributed by atoms with van der Waals surface area (Å²) in [6.07, 6.45) is 2.98. The summed E-state index contributed by atoms with van der Waals surface area (Å²) in [5.74, 6) is 0.877. The highest BCUT2D eigenvalue weighted by Gasteiger charge is 2.43. The molecule has 0 aliphatic carbocycles. The van der Waals surface area contributed by atoms with Gasteiger partial charge in [-0.2, -0.15) is 9.40 Å². The lowest BCUT2D eigenvalue weighted by Gasteiger charge is -2.38. The summed E-state index contributed by atoms with van der Waals surface area (Å²) in [5.41, 5.74) is 0.0744. The van der Waals surface area contributed by atoms with E-state index in [1.807, 2.05) is 18.2 Å². The average Bonchev–Trinajstić information content (AvgIpc) is 3.52. The van der Waals surface area contributed by atoms with Gasteiger partial charge in [0.05, 0.1) is 10.3 Å². The van der Waals surface area contributed by atoms with Crippen molar-refractivity contribution in [3.05, 3.63) is 82.9 Å². The van der Waals surface area contributed by atoms with Crippen molar-refractivity contribution in [2.45, 2.75) is 29.6 Å². The number of nitrogens with zero attached hydrogens (tertiary/aromatic N) is 4. The van der Waals surface area contributed by atoms with E-state index in [9.17, 15) is 13.2 Å². The van der Waals surface area contributed by atoms with E-state index in [2.05, 4.69) is 30.7 Å². The monoisotopic (exact) mass is 481 g/mol. The summed E-state index contributed by atoms with van der Waals surface area (Å²) in [6.45, 7) is 0.526. The van der Waals surface area contributed by atoms with Crippen molar-refractivity contribution in [2.75, 3.05) is 18.4 Å². The maximum absolute atomic E-state index is 13.1. The number of hydrogen-bond donors (Lipinski definition) is 3. The minimum atomic E-state index is -3.62. The fourth-order valence-corrected chi connectivity index (χ4v) is 5.74. The summed E-state index contributed by atoms with van der Waals surface area (Å²) in [6, 6.07) is 15.7. The third-order valence-corrected chi connectivity index (χ3v) is 7.95. The molecule has 34 heavy (non-hydrogen) atoms. The second-order valence-corrected chi connectivity index (χ2v) is 10.1. The molecule has 12 heteroatoms. The van der Waals surface area contributed by atoms with E-state index in [1.165, 1.54) is 4.31 Å². The molecule has 0 saturated carbocycles. The molecule has 4 heterocycles. The molecule has 1 aliphatic rings. The van der Waals surface area contributed by atoms with Crippen molar-refractivity contribution in [3.63, 3.8) is 0 Å². The Kier molecular flexibility index (Phi) is 5.75. The molecule has 0 atom stereocenters. The highest BCUT2D eigenvalue weighted by atomic mass is 32.2. The van der Waals surface area contributed by atoms with Crippen molar-refractivity contribution in [1.82, 2.24) is 29.7 Å². The molecule has 3 N–H and O–H groups in total. The van der Waals surface area contributed by atoms with Crippen LogP contribution in [-0.2, 0) is 21.9 Å². The van der Waals surface area contributed by atoms with E-state index >= 15 is 0 Å². The van der Waals surface area contributed by atoms with Gasteiger partial charge in [-0.25, -0.2) is 23.3 Å². The molecule has 0 amide bonds. The minimum Gasteiger partial charge on any atom is -0.392 e. The van der Waals surface area contributed by atoms with Crippen LogP contribution >= 0.6 is 0 Å². The fraction of sp³-hybridized carbons (Fsp3) is 0.273. The Morgan fingerprint density at radius 3 is 2.47 bits per heavy atom. The van der Waals surface area contributed by atoms with Gasteiger partial charge in [-0.05, 0) is 37.1 Å². The normalized spacial score (nSPS) is 16.4. The number of aromatic amines is 2. The van der Waals surface area contributed by atoms with Crippen LogP contribution in [0.25, 0.3) is 0 Å². The highest BCUT2D eigenvalue weighted by molar-refractivity contribution is 7.89. The predicted molar refractivity (Wildman–Crippen MR) is 123 cm³/mol. The van der Waals surface area contributed by atoms with Crippen LogP contribution in [0.4, 0.5) is 11.6 Å².